The highest BCUT2D eigenvalue weighted by Gasteiger charge is 2.25. The van der Waals surface area contributed by atoms with E-state index < -0.39 is 0 Å². The number of hydrogen-bond donors (Lipinski definition) is 1. The fraction of sp³-hybridized carbons (Fsp3) is 0.316. The molecule has 1 N–H and O–H groups in total. The minimum atomic E-state index is 0. The lowest BCUT2D eigenvalue weighted by Crippen LogP contribution is -2.44. The van der Waals surface area contributed by atoms with Crippen molar-refractivity contribution in [3.05, 3.63) is 54.1 Å². The molecule has 136 valence electrons. The van der Waals surface area contributed by atoms with Crippen molar-refractivity contribution < 1.29 is 4.52 Å². The second-order valence-corrected chi connectivity index (χ2v) is 6.49. The summed E-state index contributed by atoms with van der Waals surface area (Å²) in [5, 5.41) is 7.56. The topological polar surface area (TPSA) is 67.1 Å². The molecule has 3 heterocycles. The first-order valence-corrected chi connectivity index (χ1v) is 8.48. The van der Waals surface area contributed by atoms with Gasteiger partial charge in [-0.25, -0.2) is 0 Å². The van der Waals surface area contributed by atoms with E-state index in [9.17, 15) is 0 Å². The molecule has 26 heavy (non-hydrogen) atoms. The zero-order valence-electron chi connectivity index (χ0n) is 14.8. The lowest BCUT2D eigenvalue weighted by atomic mass is 10.0. The van der Waals surface area contributed by atoms with Crippen molar-refractivity contribution in [3.63, 3.8) is 0 Å². The molecule has 1 aliphatic heterocycles. The minimum Gasteiger partial charge on any atom is -0.334 e. The SMILES string of the molecule is Cc1ccc(-c2cncc(-c3nc(C4CNCCN4C)no3)c2)cc1.Cl. The van der Waals surface area contributed by atoms with Crippen molar-refractivity contribution in [2.75, 3.05) is 26.7 Å². The van der Waals surface area contributed by atoms with E-state index in [2.05, 4.69) is 63.6 Å². The van der Waals surface area contributed by atoms with Crippen molar-refractivity contribution in [2.24, 2.45) is 0 Å². The number of nitrogens with one attached hydrogen (secondary N) is 1. The number of nitrogens with zero attached hydrogens (tertiary/aromatic N) is 4. The number of aromatic nitrogens is 3. The van der Waals surface area contributed by atoms with Gasteiger partial charge in [0.05, 0.1) is 11.6 Å². The average molecular weight is 372 g/mol. The molecule has 0 amide bonds. The van der Waals surface area contributed by atoms with E-state index in [4.69, 9.17) is 4.52 Å². The summed E-state index contributed by atoms with van der Waals surface area (Å²) in [6, 6.07) is 10.6. The highest BCUT2D eigenvalue weighted by molar-refractivity contribution is 5.85. The van der Waals surface area contributed by atoms with Crippen LogP contribution in [0.25, 0.3) is 22.6 Å². The van der Waals surface area contributed by atoms with Crippen molar-refractivity contribution in [3.8, 4) is 22.6 Å². The van der Waals surface area contributed by atoms with Gasteiger partial charge in [-0.1, -0.05) is 35.0 Å². The van der Waals surface area contributed by atoms with Crippen LogP contribution < -0.4 is 5.32 Å². The number of likely N-dealkylation sites (N-methyl/N-ethyl adjacent to an activating group) is 1. The molecule has 1 aromatic carbocycles. The first kappa shape index (κ1) is 18.5. The van der Waals surface area contributed by atoms with Gasteiger partial charge in [0.2, 0.25) is 0 Å². The Morgan fingerprint density at radius 3 is 2.65 bits per heavy atom. The van der Waals surface area contributed by atoms with Crippen molar-refractivity contribution in [2.45, 2.75) is 13.0 Å². The van der Waals surface area contributed by atoms with Gasteiger partial charge in [-0.15, -0.1) is 12.4 Å². The van der Waals surface area contributed by atoms with Gasteiger partial charge in [-0.05, 0) is 25.6 Å². The van der Waals surface area contributed by atoms with Crippen molar-refractivity contribution in [1.29, 1.82) is 0 Å². The van der Waals surface area contributed by atoms with E-state index in [0.29, 0.717) is 11.7 Å². The average Bonchev–Trinajstić information content (AvgIpc) is 3.13. The third-order valence-corrected chi connectivity index (χ3v) is 4.62. The van der Waals surface area contributed by atoms with E-state index in [1.807, 2.05) is 12.3 Å². The van der Waals surface area contributed by atoms with Crippen LogP contribution in [0, 0.1) is 6.92 Å². The monoisotopic (exact) mass is 371 g/mol. The zero-order chi connectivity index (χ0) is 17.2. The minimum absolute atomic E-state index is 0. The zero-order valence-corrected chi connectivity index (χ0v) is 15.7. The summed E-state index contributed by atoms with van der Waals surface area (Å²) in [7, 11) is 2.08. The Balaban J connectivity index is 0.00000196. The highest BCUT2D eigenvalue weighted by Crippen LogP contribution is 2.26. The van der Waals surface area contributed by atoms with Crippen LogP contribution in [0.4, 0.5) is 0 Å². The fourth-order valence-corrected chi connectivity index (χ4v) is 3.04. The molecule has 0 radical (unpaired) electrons. The van der Waals surface area contributed by atoms with E-state index in [1.165, 1.54) is 5.56 Å². The molecule has 2 aromatic heterocycles. The predicted molar refractivity (Wildman–Crippen MR) is 103 cm³/mol. The molecule has 4 rings (SSSR count). The summed E-state index contributed by atoms with van der Waals surface area (Å²) in [5.41, 5.74) is 4.23. The molecule has 3 aromatic rings. The smallest absolute Gasteiger partial charge is 0.259 e. The Hall–Kier alpha value is -2.28. The molecule has 0 saturated carbocycles. The first-order chi connectivity index (χ1) is 12.2. The van der Waals surface area contributed by atoms with Crippen LogP contribution in [-0.2, 0) is 0 Å². The molecule has 1 fully saturated rings. The van der Waals surface area contributed by atoms with Crippen LogP contribution in [0.3, 0.4) is 0 Å². The van der Waals surface area contributed by atoms with Crippen LogP contribution in [0.15, 0.2) is 47.2 Å². The quantitative estimate of drug-likeness (QED) is 0.763. The number of piperazine rings is 1. The summed E-state index contributed by atoms with van der Waals surface area (Å²) >= 11 is 0. The standard InChI is InChI=1S/C19H21N5O.ClH/c1-13-3-5-14(6-4-13)15-9-16(11-21-10-15)19-22-18(23-25-19)17-12-20-7-8-24(17)2;/h3-6,9-11,17,20H,7-8,12H2,1-2H3;1H. The number of aryl methyl sites for hydroxylation is 1. The molecule has 7 heteroatoms. The number of rotatable bonds is 3. The molecule has 0 aliphatic carbocycles. The maximum Gasteiger partial charge on any atom is 0.259 e. The lowest BCUT2D eigenvalue weighted by molar-refractivity contribution is 0.190. The molecule has 1 unspecified atom stereocenters. The molecule has 1 aliphatic rings. The third kappa shape index (κ3) is 3.77. The van der Waals surface area contributed by atoms with Crippen LogP contribution in [0.5, 0.6) is 0 Å². The molecule has 6 nitrogen and oxygen atoms in total. The molecule has 1 atom stereocenters. The predicted octanol–water partition coefficient (Wildman–Crippen LogP) is 3.10. The van der Waals surface area contributed by atoms with Gasteiger partial charge in [-0.2, -0.15) is 4.98 Å². The third-order valence-electron chi connectivity index (χ3n) is 4.62. The Bertz CT molecular complexity index is 864. The summed E-state index contributed by atoms with van der Waals surface area (Å²) < 4.78 is 5.51. The molecule has 0 bridgehead atoms. The molecular formula is C19H22ClN5O. The number of hydrogen-bond acceptors (Lipinski definition) is 6. The highest BCUT2D eigenvalue weighted by atomic mass is 35.5. The summed E-state index contributed by atoms with van der Waals surface area (Å²) in [5.74, 6) is 1.22. The van der Waals surface area contributed by atoms with Crippen LogP contribution in [0.1, 0.15) is 17.4 Å². The lowest BCUT2D eigenvalue weighted by Gasteiger charge is -2.30. The molecule has 0 spiro atoms. The Morgan fingerprint density at radius 1 is 1.12 bits per heavy atom. The number of halogens is 1. The van der Waals surface area contributed by atoms with Gasteiger partial charge in [0.15, 0.2) is 5.82 Å². The van der Waals surface area contributed by atoms with Crippen molar-refractivity contribution >= 4 is 12.4 Å². The van der Waals surface area contributed by atoms with E-state index in [-0.39, 0.29) is 18.4 Å². The number of benzene rings is 1. The van der Waals surface area contributed by atoms with E-state index >= 15 is 0 Å². The van der Waals surface area contributed by atoms with Crippen LogP contribution >= 0.6 is 12.4 Å². The van der Waals surface area contributed by atoms with Crippen molar-refractivity contribution in [1.82, 2.24) is 25.3 Å². The summed E-state index contributed by atoms with van der Waals surface area (Å²) in [4.78, 5) is 11.2. The van der Waals surface area contributed by atoms with Gasteiger partial charge < -0.3 is 9.84 Å². The van der Waals surface area contributed by atoms with Gasteiger partial charge in [0.1, 0.15) is 0 Å². The fourth-order valence-electron chi connectivity index (χ4n) is 3.04. The number of pyridine rings is 1. The van der Waals surface area contributed by atoms with Gasteiger partial charge >= 0.3 is 0 Å². The van der Waals surface area contributed by atoms with E-state index in [0.717, 1.165) is 36.3 Å². The summed E-state index contributed by atoms with van der Waals surface area (Å²) in [6.45, 7) is 4.87. The largest absolute Gasteiger partial charge is 0.334 e. The molecule has 1 saturated heterocycles. The van der Waals surface area contributed by atoms with Gasteiger partial charge in [-0.3, -0.25) is 9.88 Å². The molecular weight excluding hydrogens is 350 g/mol. The second kappa shape index (κ2) is 7.95. The Morgan fingerprint density at radius 2 is 1.88 bits per heavy atom. The maximum absolute atomic E-state index is 5.51. The summed E-state index contributed by atoms with van der Waals surface area (Å²) in [6.07, 6.45) is 3.61. The van der Waals surface area contributed by atoms with Gasteiger partial charge in [0.25, 0.3) is 5.89 Å². The Labute approximate surface area is 159 Å². The van der Waals surface area contributed by atoms with Crippen LogP contribution in [0.2, 0.25) is 0 Å². The maximum atomic E-state index is 5.51. The van der Waals surface area contributed by atoms with Crippen LogP contribution in [-0.4, -0.2) is 46.7 Å². The van der Waals surface area contributed by atoms with Gasteiger partial charge in [0, 0.05) is 37.6 Å². The van der Waals surface area contributed by atoms with E-state index in [1.54, 1.807) is 6.20 Å². The normalized spacial score (nSPS) is 17.7. The first-order valence-electron chi connectivity index (χ1n) is 8.48. The Kier molecular flexibility index (Phi) is 5.66. The second-order valence-electron chi connectivity index (χ2n) is 6.49.